The molecule has 0 aromatic rings. The van der Waals surface area contributed by atoms with Crippen molar-refractivity contribution in [3.8, 4) is 0 Å². The number of amides is 1. The van der Waals surface area contributed by atoms with Gasteiger partial charge in [0.1, 0.15) is 0 Å². The molecule has 6 nitrogen and oxygen atoms in total. The Balaban J connectivity index is 0.00000338. The average molecular weight is 479 g/mol. The summed E-state index contributed by atoms with van der Waals surface area (Å²) in [6.45, 7) is 6.08. The first-order valence-corrected chi connectivity index (χ1v) is 10.2. The van der Waals surface area contributed by atoms with Crippen LogP contribution in [0.25, 0.3) is 0 Å². The minimum Gasteiger partial charge on any atom is -0.356 e. The van der Waals surface area contributed by atoms with E-state index in [9.17, 15) is 4.79 Å². The van der Waals surface area contributed by atoms with Crippen molar-refractivity contribution in [2.24, 2.45) is 4.99 Å². The molecule has 3 N–H and O–H groups in total. The van der Waals surface area contributed by atoms with Crippen molar-refractivity contribution in [2.75, 3.05) is 33.2 Å². The maximum atomic E-state index is 11.9. The molecule has 0 radical (unpaired) electrons. The first-order chi connectivity index (χ1) is 12.2. The van der Waals surface area contributed by atoms with Crippen LogP contribution in [0.2, 0.25) is 0 Å². The van der Waals surface area contributed by atoms with Gasteiger partial charge in [-0.3, -0.25) is 14.7 Å². The number of carbonyl (C=O) groups excluding carboxylic acids is 1. The summed E-state index contributed by atoms with van der Waals surface area (Å²) in [6, 6.07) is 1.14. The van der Waals surface area contributed by atoms with Gasteiger partial charge in [0.15, 0.2) is 5.96 Å². The number of nitrogens with one attached hydrogen (secondary N) is 3. The number of hydrogen-bond donors (Lipinski definition) is 3. The monoisotopic (exact) mass is 479 g/mol. The molecule has 0 aromatic carbocycles. The van der Waals surface area contributed by atoms with Crippen LogP contribution in [0.4, 0.5) is 0 Å². The second-order valence-corrected chi connectivity index (χ2v) is 7.32. The van der Waals surface area contributed by atoms with Crippen molar-refractivity contribution in [3.05, 3.63) is 0 Å². The summed E-state index contributed by atoms with van der Waals surface area (Å²) in [5, 5.41) is 9.74. The maximum Gasteiger partial charge on any atom is 0.221 e. The molecule has 2 aliphatic rings. The van der Waals surface area contributed by atoms with Gasteiger partial charge >= 0.3 is 0 Å². The van der Waals surface area contributed by atoms with Crippen LogP contribution >= 0.6 is 24.0 Å². The van der Waals surface area contributed by atoms with E-state index in [2.05, 4.69) is 32.8 Å². The summed E-state index contributed by atoms with van der Waals surface area (Å²) < 4.78 is 0. The Morgan fingerprint density at radius 2 is 1.77 bits per heavy atom. The van der Waals surface area contributed by atoms with Gasteiger partial charge in [0.2, 0.25) is 5.91 Å². The second kappa shape index (κ2) is 13.6. The number of halogens is 1. The standard InChI is InChI=1S/C19H37N5O.HI/c1-3-17-10-6-7-14-24(17)15-13-22-19(20-2)21-12-11-18(25)23-16-8-4-5-9-16;/h16-17H,3-15H2,1-2H3,(H,23,25)(H2,20,21,22);1H. The van der Waals surface area contributed by atoms with Gasteiger partial charge in [-0.05, 0) is 38.6 Å². The van der Waals surface area contributed by atoms with Crippen LogP contribution in [0.5, 0.6) is 0 Å². The van der Waals surface area contributed by atoms with Gasteiger partial charge in [0.25, 0.3) is 0 Å². The number of guanidine groups is 1. The lowest BCUT2D eigenvalue weighted by molar-refractivity contribution is -0.121. The Morgan fingerprint density at radius 3 is 2.46 bits per heavy atom. The van der Waals surface area contributed by atoms with Crippen LogP contribution in [0.1, 0.15) is 64.7 Å². The molecule has 1 amide bonds. The van der Waals surface area contributed by atoms with Gasteiger partial charge in [-0.1, -0.05) is 26.2 Å². The highest BCUT2D eigenvalue weighted by Gasteiger charge is 2.20. The van der Waals surface area contributed by atoms with Crippen molar-refractivity contribution in [3.63, 3.8) is 0 Å². The largest absolute Gasteiger partial charge is 0.356 e. The molecular weight excluding hydrogens is 441 g/mol. The van der Waals surface area contributed by atoms with Gasteiger partial charge in [0.05, 0.1) is 0 Å². The highest BCUT2D eigenvalue weighted by molar-refractivity contribution is 14.0. The summed E-state index contributed by atoms with van der Waals surface area (Å²) in [6.07, 6.45) is 10.5. The van der Waals surface area contributed by atoms with E-state index >= 15 is 0 Å². The van der Waals surface area contributed by atoms with E-state index in [1.807, 2.05) is 0 Å². The predicted octanol–water partition coefficient (Wildman–Crippen LogP) is 2.48. The molecule has 1 aliphatic carbocycles. The van der Waals surface area contributed by atoms with E-state index in [4.69, 9.17) is 0 Å². The van der Waals surface area contributed by atoms with Crippen molar-refractivity contribution in [1.29, 1.82) is 0 Å². The molecule has 152 valence electrons. The summed E-state index contributed by atoms with van der Waals surface area (Å²) >= 11 is 0. The smallest absolute Gasteiger partial charge is 0.221 e. The number of likely N-dealkylation sites (tertiary alicyclic amines) is 1. The number of piperidine rings is 1. The van der Waals surface area contributed by atoms with Crippen LogP contribution < -0.4 is 16.0 Å². The molecule has 0 aromatic heterocycles. The van der Waals surface area contributed by atoms with Gasteiger partial charge in [-0.25, -0.2) is 0 Å². The van der Waals surface area contributed by atoms with E-state index < -0.39 is 0 Å². The zero-order valence-electron chi connectivity index (χ0n) is 16.6. The number of carbonyl (C=O) groups is 1. The summed E-state index contributed by atoms with van der Waals surface area (Å²) in [5.41, 5.74) is 0. The fraction of sp³-hybridized carbons (Fsp3) is 0.895. The van der Waals surface area contributed by atoms with Gasteiger partial charge < -0.3 is 16.0 Å². The Bertz CT molecular complexity index is 426. The average Bonchev–Trinajstić information content (AvgIpc) is 3.13. The summed E-state index contributed by atoms with van der Waals surface area (Å²) in [7, 11) is 1.78. The molecule has 26 heavy (non-hydrogen) atoms. The first kappa shape index (κ1) is 23.5. The van der Waals surface area contributed by atoms with Crippen molar-refractivity contribution in [2.45, 2.75) is 76.8 Å². The lowest BCUT2D eigenvalue weighted by Gasteiger charge is -2.35. The van der Waals surface area contributed by atoms with E-state index in [0.29, 0.717) is 19.0 Å². The lowest BCUT2D eigenvalue weighted by atomic mass is 10.0. The minimum absolute atomic E-state index is 0. The zero-order valence-corrected chi connectivity index (χ0v) is 18.9. The van der Waals surface area contributed by atoms with Crippen LogP contribution in [-0.2, 0) is 4.79 Å². The van der Waals surface area contributed by atoms with Gasteiger partial charge in [-0.15, -0.1) is 24.0 Å². The molecule has 1 heterocycles. The van der Waals surface area contributed by atoms with E-state index in [0.717, 1.165) is 37.9 Å². The minimum atomic E-state index is 0. The molecule has 7 heteroatoms. The molecular formula is C19H38IN5O. The van der Waals surface area contributed by atoms with Crippen LogP contribution in [0.15, 0.2) is 4.99 Å². The summed E-state index contributed by atoms with van der Waals surface area (Å²) in [4.78, 5) is 18.8. The first-order valence-electron chi connectivity index (χ1n) is 10.2. The van der Waals surface area contributed by atoms with Crippen molar-refractivity contribution in [1.82, 2.24) is 20.9 Å². The van der Waals surface area contributed by atoms with Crippen LogP contribution in [0, 0.1) is 0 Å². The van der Waals surface area contributed by atoms with E-state index in [1.165, 1.54) is 45.1 Å². The number of rotatable bonds is 8. The maximum absolute atomic E-state index is 11.9. The Hall–Kier alpha value is -0.570. The molecule has 1 unspecified atom stereocenters. The second-order valence-electron chi connectivity index (χ2n) is 7.32. The molecule has 1 aliphatic heterocycles. The molecule has 1 saturated heterocycles. The van der Waals surface area contributed by atoms with Gasteiger partial charge in [-0.2, -0.15) is 0 Å². The SMILES string of the molecule is CCC1CCCCN1CCNC(=NC)NCCC(=O)NC1CCCC1.I. The van der Waals surface area contributed by atoms with Crippen molar-refractivity contribution >= 4 is 35.8 Å². The highest BCUT2D eigenvalue weighted by Crippen LogP contribution is 2.18. The third-order valence-electron chi connectivity index (χ3n) is 5.50. The molecule has 0 bridgehead atoms. The fourth-order valence-corrected chi connectivity index (χ4v) is 4.02. The third-order valence-corrected chi connectivity index (χ3v) is 5.50. The molecule has 1 atom stereocenters. The number of aliphatic imine (C=N–C) groups is 1. The summed E-state index contributed by atoms with van der Waals surface area (Å²) in [5.74, 6) is 0.938. The topological polar surface area (TPSA) is 68.8 Å². The Morgan fingerprint density at radius 1 is 1.08 bits per heavy atom. The van der Waals surface area contributed by atoms with E-state index in [1.54, 1.807) is 7.05 Å². The fourth-order valence-electron chi connectivity index (χ4n) is 4.02. The third kappa shape index (κ3) is 8.41. The Labute approximate surface area is 176 Å². The van der Waals surface area contributed by atoms with Crippen LogP contribution in [0.3, 0.4) is 0 Å². The normalized spacial score (nSPS) is 21.9. The van der Waals surface area contributed by atoms with E-state index in [-0.39, 0.29) is 29.9 Å². The number of nitrogens with zero attached hydrogens (tertiary/aromatic N) is 2. The molecule has 2 rings (SSSR count). The Kier molecular flexibility index (Phi) is 12.3. The molecule has 1 saturated carbocycles. The molecule has 2 fully saturated rings. The number of hydrogen-bond acceptors (Lipinski definition) is 3. The predicted molar refractivity (Wildman–Crippen MR) is 119 cm³/mol. The van der Waals surface area contributed by atoms with Gasteiger partial charge in [0, 0.05) is 45.2 Å². The quantitative estimate of drug-likeness (QED) is 0.284. The lowest BCUT2D eigenvalue weighted by Crippen LogP contribution is -2.46. The molecule has 0 spiro atoms. The zero-order chi connectivity index (χ0) is 17.9. The highest BCUT2D eigenvalue weighted by atomic mass is 127. The van der Waals surface area contributed by atoms with Crippen molar-refractivity contribution < 1.29 is 4.79 Å². The van der Waals surface area contributed by atoms with Crippen LogP contribution in [-0.4, -0.2) is 62.1 Å².